The van der Waals surface area contributed by atoms with Crippen molar-refractivity contribution < 1.29 is 19.0 Å². The summed E-state index contributed by atoms with van der Waals surface area (Å²) >= 11 is 0. The molecule has 24 heavy (non-hydrogen) atoms. The maximum atomic E-state index is 12.7. The molecule has 1 N–H and O–H groups in total. The standard InChI is InChI=1S/C18H24N2O4/c1-22-15-10-12(11-16-17(15)24-9-8-23-16)18(21)19-13-5-7-20-6-3-2-4-14(13)20/h10-11,13-14H,2-9H2,1H3,(H,19,21)/t13-,14+/m1/s1. The van der Waals surface area contributed by atoms with Crippen molar-refractivity contribution in [1.82, 2.24) is 10.2 Å². The number of ether oxygens (including phenoxy) is 3. The highest BCUT2D eigenvalue weighted by atomic mass is 16.6. The molecule has 4 rings (SSSR count). The number of benzene rings is 1. The molecule has 3 aliphatic heterocycles. The molecular weight excluding hydrogens is 308 g/mol. The Hall–Kier alpha value is -1.95. The second-order valence-electron chi connectivity index (χ2n) is 6.67. The highest BCUT2D eigenvalue weighted by Crippen LogP contribution is 2.40. The van der Waals surface area contributed by atoms with Crippen molar-refractivity contribution >= 4 is 5.91 Å². The van der Waals surface area contributed by atoms with Crippen LogP contribution in [0.5, 0.6) is 17.2 Å². The lowest BCUT2D eigenvalue weighted by atomic mass is 9.98. The average molecular weight is 332 g/mol. The molecule has 6 heteroatoms. The van der Waals surface area contributed by atoms with E-state index in [0.717, 1.165) is 19.5 Å². The summed E-state index contributed by atoms with van der Waals surface area (Å²) in [5.74, 6) is 1.64. The van der Waals surface area contributed by atoms with Crippen LogP contribution in [0.25, 0.3) is 0 Å². The fourth-order valence-corrected chi connectivity index (χ4v) is 4.07. The zero-order valence-electron chi connectivity index (χ0n) is 14.0. The Morgan fingerprint density at radius 3 is 2.96 bits per heavy atom. The fourth-order valence-electron chi connectivity index (χ4n) is 4.07. The maximum Gasteiger partial charge on any atom is 0.251 e. The quantitative estimate of drug-likeness (QED) is 0.915. The topological polar surface area (TPSA) is 60.0 Å². The predicted molar refractivity (Wildman–Crippen MR) is 89.1 cm³/mol. The molecule has 1 aromatic carbocycles. The van der Waals surface area contributed by atoms with E-state index < -0.39 is 0 Å². The van der Waals surface area contributed by atoms with Crippen LogP contribution >= 0.6 is 0 Å². The molecule has 0 radical (unpaired) electrons. The van der Waals surface area contributed by atoms with Crippen LogP contribution in [0.2, 0.25) is 0 Å². The van der Waals surface area contributed by atoms with Crippen LogP contribution in [0, 0.1) is 0 Å². The van der Waals surface area contributed by atoms with Crippen LogP contribution in [0.3, 0.4) is 0 Å². The summed E-state index contributed by atoms with van der Waals surface area (Å²) in [5.41, 5.74) is 0.561. The summed E-state index contributed by atoms with van der Waals surface area (Å²) < 4.78 is 16.6. The van der Waals surface area contributed by atoms with Gasteiger partial charge in [0.15, 0.2) is 11.5 Å². The molecule has 2 fully saturated rings. The van der Waals surface area contributed by atoms with Gasteiger partial charge in [-0.15, -0.1) is 0 Å². The number of nitrogens with zero attached hydrogens (tertiary/aromatic N) is 1. The third-order valence-corrected chi connectivity index (χ3v) is 5.26. The second-order valence-corrected chi connectivity index (χ2v) is 6.67. The van der Waals surface area contributed by atoms with E-state index in [2.05, 4.69) is 10.2 Å². The normalized spacial score (nSPS) is 25.9. The molecule has 0 aromatic heterocycles. The van der Waals surface area contributed by atoms with Crippen molar-refractivity contribution in [2.24, 2.45) is 0 Å². The lowest BCUT2D eigenvalue weighted by Crippen LogP contribution is -2.46. The molecule has 0 saturated carbocycles. The molecule has 1 aromatic rings. The third-order valence-electron chi connectivity index (χ3n) is 5.26. The van der Waals surface area contributed by atoms with E-state index in [0.29, 0.717) is 42.1 Å². The van der Waals surface area contributed by atoms with Gasteiger partial charge < -0.3 is 19.5 Å². The van der Waals surface area contributed by atoms with Crippen molar-refractivity contribution in [1.29, 1.82) is 0 Å². The number of fused-ring (bicyclic) bond motifs is 2. The number of hydrogen-bond acceptors (Lipinski definition) is 5. The predicted octanol–water partition coefficient (Wildman–Crippen LogP) is 1.82. The van der Waals surface area contributed by atoms with E-state index >= 15 is 0 Å². The smallest absolute Gasteiger partial charge is 0.251 e. The third kappa shape index (κ3) is 2.79. The van der Waals surface area contributed by atoms with Crippen molar-refractivity contribution in [2.75, 3.05) is 33.4 Å². The molecule has 6 nitrogen and oxygen atoms in total. The van der Waals surface area contributed by atoms with Crippen LogP contribution in [-0.2, 0) is 0 Å². The van der Waals surface area contributed by atoms with E-state index in [-0.39, 0.29) is 11.9 Å². The monoisotopic (exact) mass is 332 g/mol. The molecule has 0 spiro atoms. The second kappa shape index (κ2) is 6.51. The number of amides is 1. The first-order valence-electron chi connectivity index (χ1n) is 8.79. The van der Waals surface area contributed by atoms with Crippen molar-refractivity contribution in [3.8, 4) is 17.2 Å². The number of nitrogens with one attached hydrogen (secondary N) is 1. The number of carbonyl (C=O) groups is 1. The van der Waals surface area contributed by atoms with Gasteiger partial charge in [0, 0.05) is 24.2 Å². The van der Waals surface area contributed by atoms with Gasteiger partial charge >= 0.3 is 0 Å². The first kappa shape index (κ1) is 15.6. The fraction of sp³-hybridized carbons (Fsp3) is 0.611. The van der Waals surface area contributed by atoms with Crippen LogP contribution < -0.4 is 19.5 Å². The van der Waals surface area contributed by atoms with Gasteiger partial charge in [0.05, 0.1) is 7.11 Å². The Morgan fingerprint density at radius 2 is 2.08 bits per heavy atom. The van der Waals surface area contributed by atoms with Crippen LogP contribution in [0.15, 0.2) is 12.1 Å². The van der Waals surface area contributed by atoms with Crippen molar-refractivity contribution in [3.63, 3.8) is 0 Å². The van der Waals surface area contributed by atoms with E-state index in [1.165, 1.54) is 19.3 Å². The van der Waals surface area contributed by atoms with Crippen molar-refractivity contribution in [3.05, 3.63) is 17.7 Å². The molecule has 0 aliphatic carbocycles. The molecule has 3 heterocycles. The van der Waals surface area contributed by atoms with Crippen LogP contribution in [-0.4, -0.2) is 56.3 Å². The average Bonchev–Trinajstić information content (AvgIpc) is 3.03. The minimum atomic E-state index is -0.0669. The van der Waals surface area contributed by atoms with Gasteiger partial charge in [-0.3, -0.25) is 9.69 Å². The highest BCUT2D eigenvalue weighted by Gasteiger charge is 2.36. The zero-order valence-corrected chi connectivity index (χ0v) is 14.0. The molecule has 2 atom stereocenters. The Morgan fingerprint density at radius 1 is 1.21 bits per heavy atom. The molecule has 2 saturated heterocycles. The summed E-state index contributed by atoms with van der Waals surface area (Å²) in [5, 5.41) is 3.22. The largest absolute Gasteiger partial charge is 0.493 e. The number of methoxy groups -OCH3 is 1. The van der Waals surface area contributed by atoms with Crippen LogP contribution in [0.4, 0.5) is 0 Å². The minimum Gasteiger partial charge on any atom is -0.493 e. The maximum absolute atomic E-state index is 12.7. The summed E-state index contributed by atoms with van der Waals surface area (Å²) in [7, 11) is 1.58. The van der Waals surface area contributed by atoms with Gasteiger partial charge in [-0.05, 0) is 37.9 Å². The molecule has 130 valence electrons. The minimum absolute atomic E-state index is 0.0669. The lowest BCUT2D eigenvalue weighted by molar-refractivity contribution is 0.0913. The van der Waals surface area contributed by atoms with Crippen LogP contribution in [0.1, 0.15) is 36.0 Å². The molecule has 1 amide bonds. The van der Waals surface area contributed by atoms with E-state index in [9.17, 15) is 4.79 Å². The highest BCUT2D eigenvalue weighted by molar-refractivity contribution is 5.96. The first-order chi connectivity index (χ1) is 11.8. The van der Waals surface area contributed by atoms with Gasteiger partial charge in [0.25, 0.3) is 5.91 Å². The number of piperidine rings is 1. The summed E-state index contributed by atoms with van der Waals surface area (Å²) in [4.78, 5) is 15.3. The van der Waals surface area contributed by atoms with E-state index in [1.54, 1.807) is 19.2 Å². The Labute approximate surface area is 142 Å². The number of rotatable bonds is 3. The first-order valence-corrected chi connectivity index (χ1v) is 8.79. The van der Waals surface area contributed by atoms with Crippen molar-refractivity contribution in [2.45, 2.75) is 37.8 Å². The van der Waals surface area contributed by atoms with Gasteiger partial charge in [-0.25, -0.2) is 0 Å². The summed E-state index contributed by atoms with van der Waals surface area (Å²) in [6.45, 7) is 3.23. The summed E-state index contributed by atoms with van der Waals surface area (Å²) in [6, 6.07) is 4.20. The molecule has 0 bridgehead atoms. The Kier molecular flexibility index (Phi) is 4.22. The Bertz CT molecular complexity index is 616. The molecule has 3 aliphatic rings. The van der Waals surface area contributed by atoms with Gasteiger partial charge in [0.2, 0.25) is 5.75 Å². The number of carbonyl (C=O) groups excluding carboxylic acids is 1. The molecular formula is C18H24N2O4. The summed E-state index contributed by atoms with van der Waals surface area (Å²) in [6.07, 6.45) is 4.73. The van der Waals surface area contributed by atoms with Gasteiger partial charge in [0.1, 0.15) is 13.2 Å². The number of hydrogen-bond donors (Lipinski definition) is 1. The van der Waals surface area contributed by atoms with Gasteiger partial charge in [-0.2, -0.15) is 0 Å². The molecule has 0 unspecified atom stereocenters. The van der Waals surface area contributed by atoms with E-state index in [4.69, 9.17) is 14.2 Å². The van der Waals surface area contributed by atoms with Gasteiger partial charge in [-0.1, -0.05) is 6.42 Å². The van der Waals surface area contributed by atoms with E-state index in [1.807, 2.05) is 0 Å². The SMILES string of the molecule is COc1cc(C(=O)N[C@@H]2CCN3CCCC[C@@H]23)cc2c1OCCO2. The zero-order chi connectivity index (χ0) is 16.5. The lowest BCUT2D eigenvalue weighted by Gasteiger charge is -2.32. The Balaban J connectivity index is 1.52.